The highest BCUT2D eigenvalue weighted by Crippen LogP contribution is 2.27. The van der Waals surface area contributed by atoms with Gasteiger partial charge in [0, 0.05) is 11.8 Å². The highest BCUT2D eigenvalue weighted by atomic mass is 127. The summed E-state index contributed by atoms with van der Waals surface area (Å²) in [5.41, 5.74) is 4.87. The van der Waals surface area contributed by atoms with E-state index in [2.05, 4.69) is 11.0 Å². The smallest absolute Gasteiger partial charge is 0.349 e. The molecule has 3 aromatic rings. The molecule has 0 spiro atoms. The van der Waals surface area contributed by atoms with E-state index < -0.39 is 0 Å². The van der Waals surface area contributed by atoms with E-state index in [1.54, 1.807) is 29.1 Å². The first-order valence-corrected chi connectivity index (χ1v) is 10.6. The van der Waals surface area contributed by atoms with Gasteiger partial charge in [0.15, 0.2) is 23.0 Å². The van der Waals surface area contributed by atoms with E-state index in [4.69, 9.17) is 13.3 Å². The fourth-order valence-electron chi connectivity index (χ4n) is 3.91. The van der Waals surface area contributed by atoms with Crippen LogP contribution in [0.15, 0.2) is 42.6 Å². The quantitative estimate of drug-likeness (QED) is 0.469. The summed E-state index contributed by atoms with van der Waals surface area (Å²) in [6.45, 7) is 3.43. The molecule has 0 N–H and O–H groups in total. The number of likely N-dealkylation sites (tertiary alicyclic amines) is 1. The van der Waals surface area contributed by atoms with Crippen molar-refractivity contribution in [2.45, 2.75) is 25.7 Å². The van der Waals surface area contributed by atoms with Gasteiger partial charge in [0.25, 0.3) is 0 Å². The van der Waals surface area contributed by atoms with Crippen molar-refractivity contribution in [1.29, 1.82) is 5.26 Å². The number of benzene rings is 1. The normalized spacial score (nSPS) is 14.2. The second kappa shape index (κ2) is 8.93. The van der Waals surface area contributed by atoms with Gasteiger partial charge in [0.2, 0.25) is 0 Å². The van der Waals surface area contributed by atoms with Crippen molar-refractivity contribution in [3.05, 3.63) is 59.4 Å². The third kappa shape index (κ3) is 4.28. The van der Waals surface area contributed by atoms with Crippen molar-refractivity contribution in [3.8, 4) is 17.3 Å². The molecule has 7 heteroatoms. The van der Waals surface area contributed by atoms with Crippen LogP contribution in [-0.4, -0.2) is 39.9 Å². The lowest BCUT2D eigenvalue weighted by atomic mass is 10.1. The molecule has 0 saturated carbocycles. The van der Waals surface area contributed by atoms with E-state index in [0.717, 1.165) is 42.0 Å². The zero-order chi connectivity index (χ0) is 20.2. The first-order chi connectivity index (χ1) is 14.2. The number of hydrogen-bond donors (Lipinski definition) is 0. The van der Waals surface area contributed by atoms with Crippen LogP contribution >= 0.6 is 23.0 Å². The van der Waals surface area contributed by atoms with Crippen LogP contribution < -0.4 is 0 Å². The van der Waals surface area contributed by atoms with Gasteiger partial charge in [-0.2, -0.15) is 5.26 Å². The number of carbonyl (C=O) groups excluding carboxylic acids is 1. The number of aromatic nitrogens is 2. The van der Waals surface area contributed by atoms with E-state index >= 15 is 0 Å². The molecule has 0 atom stereocenters. The van der Waals surface area contributed by atoms with Crippen molar-refractivity contribution in [2.24, 2.45) is 0 Å². The molecule has 1 aliphatic heterocycles. The van der Waals surface area contributed by atoms with Gasteiger partial charge in [-0.25, -0.2) is 9.78 Å². The highest BCUT2D eigenvalue weighted by molar-refractivity contribution is 14.1. The minimum absolute atomic E-state index is 0.371. The molecular weight excluding hydrogens is 479 g/mol. The van der Waals surface area contributed by atoms with Gasteiger partial charge in [0.05, 0.1) is 28.6 Å². The van der Waals surface area contributed by atoms with Gasteiger partial charge in [-0.05, 0) is 69.6 Å². The molecule has 1 aliphatic rings. The SMILES string of the molecule is N#Cc1ccc(-c2nc3ccc(C(=O)OI)cn3c2CCCN2CCCC2)cc1. The van der Waals surface area contributed by atoms with E-state index in [0.29, 0.717) is 11.1 Å². The molecule has 1 saturated heterocycles. The molecule has 148 valence electrons. The van der Waals surface area contributed by atoms with Crippen LogP contribution in [0.2, 0.25) is 0 Å². The summed E-state index contributed by atoms with van der Waals surface area (Å²) in [6.07, 6.45) is 6.26. The maximum absolute atomic E-state index is 12.0. The molecule has 0 amide bonds. The van der Waals surface area contributed by atoms with Crippen molar-refractivity contribution < 1.29 is 7.86 Å². The summed E-state index contributed by atoms with van der Waals surface area (Å²) < 4.78 is 6.85. The Kier molecular flexibility index (Phi) is 6.11. The minimum atomic E-state index is -0.371. The number of aryl methyl sites for hydroxylation is 1. The molecule has 1 aromatic carbocycles. The number of hydrogen-bond acceptors (Lipinski definition) is 5. The molecule has 2 aromatic heterocycles. The second-order valence-electron chi connectivity index (χ2n) is 7.26. The Bertz CT molecular complexity index is 1060. The van der Waals surface area contributed by atoms with E-state index in [-0.39, 0.29) is 5.97 Å². The first kappa shape index (κ1) is 19.9. The minimum Gasteiger partial charge on any atom is -0.391 e. The maximum Gasteiger partial charge on any atom is 0.349 e. The molecule has 0 unspecified atom stereocenters. The summed E-state index contributed by atoms with van der Waals surface area (Å²) in [6, 6.07) is 13.2. The van der Waals surface area contributed by atoms with Crippen LogP contribution in [0.5, 0.6) is 0 Å². The van der Waals surface area contributed by atoms with Gasteiger partial charge in [-0.1, -0.05) is 12.1 Å². The van der Waals surface area contributed by atoms with Gasteiger partial charge >= 0.3 is 5.97 Å². The third-order valence-corrected chi connectivity index (χ3v) is 5.80. The Morgan fingerprint density at radius 2 is 1.93 bits per heavy atom. The Morgan fingerprint density at radius 3 is 2.62 bits per heavy atom. The summed E-state index contributed by atoms with van der Waals surface area (Å²) >= 11 is 1.61. The summed E-state index contributed by atoms with van der Waals surface area (Å²) in [4.78, 5) is 19.3. The number of rotatable bonds is 6. The molecule has 0 bridgehead atoms. The third-order valence-electron chi connectivity index (χ3n) is 5.40. The van der Waals surface area contributed by atoms with Gasteiger partial charge in [-0.15, -0.1) is 0 Å². The van der Waals surface area contributed by atoms with E-state index in [9.17, 15) is 4.79 Å². The Balaban J connectivity index is 1.71. The Morgan fingerprint density at radius 1 is 1.17 bits per heavy atom. The predicted molar refractivity (Wildman–Crippen MR) is 119 cm³/mol. The molecule has 3 heterocycles. The standard InChI is InChI=1S/C22H21IN4O2/c23-29-22(28)18-9-10-20-25-21(17-7-5-16(14-24)6-8-17)19(27(20)15-18)4-3-13-26-11-1-2-12-26/h5-10,15H,1-4,11-13H2. The topological polar surface area (TPSA) is 70.6 Å². The summed E-state index contributed by atoms with van der Waals surface area (Å²) in [5, 5.41) is 9.08. The number of pyridine rings is 1. The monoisotopic (exact) mass is 500 g/mol. The number of nitrogens with zero attached hydrogens (tertiary/aromatic N) is 4. The fraction of sp³-hybridized carbons (Fsp3) is 0.318. The fourth-order valence-corrected chi connectivity index (χ4v) is 4.16. The van der Waals surface area contributed by atoms with Crippen LogP contribution in [0.4, 0.5) is 0 Å². The van der Waals surface area contributed by atoms with E-state index in [1.807, 2.05) is 40.9 Å². The van der Waals surface area contributed by atoms with Gasteiger partial charge < -0.3 is 12.4 Å². The molecule has 0 aliphatic carbocycles. The Hall–Kier alpha value is -2.44. The number of imidazole rings is 1. The molecular formula is C22H21IN4O2. The number of halogens is 1. The average molecular weight is 500 g/mol. The zero-order valence-electron chi connectivity index (χ0n) is 16.0. The van der Waals surface area contributed by atoms with Crippen LogP contribution in [0.25, 0.3) is 16.9 Å². The van der Waals surface area contributed by atoms with Crippen molar-refractivity contribution in [3.63, 3.8) is 0 Å². The molecule has 1 fully saturated rings. The highest BCUT2D eigenvalue weighted by Gasteiger charge is 2.17. The van der Waals surface area contributed by atoms with Gasteiger partial charge in [-0.3, -0.25) is 0 Å². The Labute approximate surface area is 183 Å². The molecule has 0 radical (unpaired) electrons. The van der Waals surface area contributed by atoms with Crippen LogP contribution in [-0.2, 0) is 9.49 Å². The molecule has 6 nitrogen and oxygen atoms in total. The lowest BCUT2D eigenvalue weighted by Gasteiger charge is -2.14. The number of nitriles is 1. The lowest BCUT2D eigenvalue weighted by molar-refractivity contribution is 0.0799. The zero-order valence-corrected chi connectivity index (χ0v) is 18.1. The number of carbonyl (C=O) groups is 1. The first-order valence-electron chi connectivity index (χ1n) is 9.76. The van der Waals surface area contributed by atoms with Crippen LogP contribution in [0.3, 0.4) is 0 Å². The van der Waals surface area contributed by atoms with Crippen LogP contribution in [0, 0.1) is 11.3 Å². The van der Waals surface area contributed by atoms with Crippen molar-refractivity contribution in [2.75, 3.05) is 19.6 Å². The van der Waals surface area contributed by atoms with E-state index in [1.165, 1.54) is 25.9 Å². The predicted octanol–water partition coefficient (Wildman–Crippen LogP) is 4.41. The molecule has 29 heavy (non-hydrogen) atoms. The summed E-state index contributed by atoms with van der Waals surface area (Å²) in [7, 11) is 0. The van der Waals surface area contributed by atoms with Crippen molar-refractivity contribution in [1.82, 2.24) is 14.3 Å². The average Bonchev–Trinajstić information content (AvgIpc) is 3.41. The molecule has 4 rings (SSSR count). The number of fused-ring (bicyclic) bond motifs is 1. The second-order valence-corrected chi connectivity index (χ2v) is 7.70. The maximum atomic E-state index is 12.0. The largest absolute Gasteiger partial charge is 0.391 e. The lowest BCUT2D eigenvalue weighted by Crippen LogP contribution is -2.21. The van der Waals surface area contributed by atoms with Gasteiger partial charge in [0.1, 0.15) is 5.65 Å². The summed E-state index contributed by atoms with van der Waals surface area (Å²) in [5.74, 6) is -0.371. The van der Waals surface area contributed by atoms with Crippen molar-refractivity contribution >= 4 is 34.6 Å². The van der Waals surface area contributed by atoms with Crippen LogP contribution in [0.1, 0.15) is 40.9 Å².